The summed E-state index contributed by atoms with van der Waals surface area (Å²) in [6.07, 6.45) is 0. The highest BCUT2D eigenvalue weighted by atomic mass is 32.2. The van der Waals surface area contributed by atoms with E-state index in [-0.39, 0.29) is 11.8 Å². The first kappa shape index (κ1) is 18.1. The van der Waals surface area contributed by atoms with Gasteiger partial charge in [0, 0.05) is 5.56 Å². The van der Waals surface area contributed by atoms with Crippen LogP contribution in [0.4, 0.5) is 5.69 Å². The summed E-state index contributed by atoms with van der Waals surface area (Å²) in [4.78, 5) is 28.0. The number of para-hydroxylation sites is 3. The van der Waals surface area contributed by atoms with Gasteiger partial charge in [-0.2, -0.15) is 0 Å². The van der Waals surface area contributed by atoms with Crippen molar-refractivity contribution in [3.05, 3.63) is 59.0 Å². The zero-order valence-corrected chi connectivity index (χ0v) is 15.6. The monoisotopic (exact) mass is 369 g/mol. The molecule has 0 aliphatic carbocycles. The normalized spacial score (nSPS) is 14.2. The summed E-state index contributed by atoms with van der Waals surface area (Å²) in [5, 5.41) is 0. The Morgan fingerprint density at radius 1 is 0.885 bits per heavy atom. The minimum Gasteiger partial charge on any atom is -0.496 e. The van der Waals surface area contributed by atoms with Crippen molar-refractivity contribution in [3.63, 3.8) is 0 Å². The fourth-order valence-corrected chi connectivity index (χ4v) is 3.75. The Hall–Kier alpha value is -2.73. The van der Waals surface area contributed by atoms with Gasteiger partial charge in [0.15, 0.2) is 0 Å². The van der Waals surface area contributed by atoms with Crippen molar-refractivity contribution in [1.29, 1.82) is 0 Å². The molecular weight excluding hydrogens is 350 g/mol. The van der Waals surface area contributed by atoms with E-state index in [0.717, 1.165) is 0 Å². The summed E-state index contributed by atoms with van der Waals surface area (Å²) < 4.78 is 10.7. The highest BCUT2D eigenvalue weighted by molar-refractivity contribution is 8.04. The molecule has 0 aromatic heterocycles. The molecule has 1 aliphatic rings. The first-order valence-electron chi connectivity index (χ1n) is 8.16. The maximum atomic E-state index is 13.3. The molecule has 5 nitrogen and oxygen atoms in total. The van der Waals surface area contributed by atoms with E-state index in [0.29, 0.717) is 39.0 Å². The van der Waals surface area contributed by atoms with E-state index in [4.69, 9.17) is 9.47 Å². The molecule has 0 saturated carbocycles. The summed E-state index contributed by atoms with van der Waals surface area (Å²) >= 11 is 1.36. The average molecular weight is 369 g/mol. The van der Waals surface area contributed by atoms with Crippen LogP contribution in [-0.4, -0.2) is 31.8 Å². The van der Waals surface area contributed by atoms with Crippen LogP contribution in [0.2, 0.25) is 0 Å². The molecule has 1 aliphatic heterocycles. The number of anilines is 1. The SMILES string of the molecule is CCSC1=C(c2ccccc2OC)C(=O)N(c2ccccc2OC)C1=O. The predicted octanol–water partition coefficient (Wildman–Crippen LogP) is 3.74. The third-order valence-electron chi connectivity index (χ3n) is 4.03. The third kappa shape index (κ3) is 2.97. The maximum Gasteiger partial charge on any atom is 0.272 e. The standard InChI is InChI=1S/C20H19NO4S/c1-4-26-18-17(13-9-5-7-11-15(13)24-2)19(22)21(20(18)23)14-10-6-8-12-16(14)25-3/h5-12H,4H2,1-3H3. The molecule has 134 valence electrons. The number of nitrogens with zero attached hydrogens (tertiary/aromatic N) is 1. The average Bonchev–Trinajstić information content (AvgIpc) is 2.91. The van der Waals surface area contributed by atoms with E-state index in [2.05, 4.69) is 0 Å². The van der Waals surface area contributed by atoms with Crippen LogP contribution < -0.4 is 14.4 Å². The second kappa shape index (κ2) is 7.66. The number of benzene rings is 2. The number of hydrogen-bond acceptors (Lipinski definition) is 5. The van der Waals surface area contributed by atoms with E-state index in [9.17, 15) is 9.59 Å². The van der Waals surface area contributed by atoms with Gasteiger partial charge in [-0.1, -0.05) is 37.3 Å². The largest absolute Gasteiger partial charge is 0.496 e. The highest BCUT2D eigenvalue weighted by Gasteiger charge is 2.41. The third-order valence-corrected chi connectivity index (χ3v) is 4.99. The van der Waals surface area contributed by atoms with Crippen LogP contribution in [0, 0.1) is 0 Å². The van der Waals surface area contributed by atoms with E-state index in [1.165, 1.54) is 23.8 Å². The number of carbonyl (C=O) groups excluding carboxylic acids is 2. The van der Waals surface area contributed by atoms with E-state index in [1.807, 2.05) is 19.1 Å². The molecule has 0 N–H and O–H groups in total. The number of rotatable bonds is 6. The summed E-state index contributed by atoms with van der Waals surface area (Å²) in [7, 11) is 3.06. The van der Waals surface area contributed by atoms with Crippen LogP contribution in [0.15, 0.2) is 53.4 Å². The van der Waals surface area contributed by atoms with Crippen LogP contribution in [0.1, 0.15) is 12.5 Å². The topological polar surface area (TPSA) is 55.8 Å². The molecular formula is C20H19NO4S. The fourth-order valence-electron chi connectivity index (χ4n) is 2.91. The molecule has 2 aromatic carbocycles. The van der Waals surface area contributed by atoms with Gasteiger partial charge < -0.3 is 9.47 Å². The molecule has 6 heteroatoms. The van der Waals surface area contributed by atoms with Crippen LogP contribution in [0.25, 0.3) is 5.57 Å². The van der Waals surface area contributed by atoms with Gasteiger partial charge in [-0.25, -0.2) is 4.90 Å². The highest BCUT2D eigenvalue weighted by Crippen LogP contribution is 2.42. The van der Waals surface area contributed by atoms with E-state index < -0.39 is 0 Å². The number of amides is 2. The van der Waals surface area contributed by atoms with Crippen molar-refractivity contribution in [2.75, 3.05) is 24.9 Å². The smallest absolute Gasteiger partial charge is 0.272 e. The van der Waals surface area contributed by atoms with Crippen molar-refractivity contribution < 1.29 is 19.1 Å². The summed E-state index contributed by atoms with van der Waals surface area (Å²) in [5.74, 6) is 0.982. The van der Waals surface area contributed by atoms with Crippen LogP contribution in [0.5, 0.6) is 11.5 Å². The Balaban J connectivity index is 2.16. The summed E-state index contributed by atoms with van der Waals surface area (Å²) in [6, 6.07) is 14.2. The molecule has 0 fully saturated rings. The van der Waals surface area contributed by atoms with Crippen LogP contribution in [-0.2, 0) is 9.59 Å². The molecule has 0 unspecified atom stereocenters. The number of thioether (sulfide) groups is 1. The molecule has 2 aromatic rings. The predicted molar refractivity (Wildman–Crippen MR) is 104 cm³/mol. The zero-order chi connectivity index (χ0) is 18.7. The lowest BCUT2D eigenvalue weighted by Crippen LogP contribution is -2.31. The first-order valence-corrected chi connectivity index (χ1v) is 9.14. The van der Waals surface area contributed by atoms with E-state index >= 15 is 0 Å². The number of methoxy groups -OCH3 is 2. The lowest BCUT2D eigenvalue weighted by Gasteiger charge is -2.18. The zero-order valence-electron chi connectivity index (χ0n) is 14.8. The number of carbonyl (C=O) groups is 2. The second-order valence-electron chi connectivity index (χ2n) is 5.45. The Morgan fingerprint density at radius 2 is 1.50 bits per heavy atom. The van der Waals surface area contributed by atoms with E-state index in [1.54, 1.807) is 43.5 Å². The van der Waals surface area contributed by atoms with Crippen molar-refractivity contribution >= 4 is 34.8 Å². The van der Waals surface area contributed by atoms with Gasteiger partial charge in [-0.15, -0.1) is 11.8 Å². The second-order valence-corrected chi connectivity index (χ2v) is 6.73. The van der Waals surface area contributed by atoms with Crippen molar-refractivity contribution in [1.82, 2.24) is 0 Å². The lowest BCUT2D eigenvalue weighted by molar-refractivity contribution is -0.119. The molecule has 26 heavy (non-hydrogen) atoms. The quantitative estimate of drug-likeness (QED) is 0.726. The molecule has 1 heterocycles. The first-order chi connectivity index (χ1) is 12.6. The Morgan fingerprint density at radius 3 is 2.15 bits per heavy atom. The summed E-state index contributed by atoms with van der Waals surface area (Å²) in [5.41, 5.74) is 1.41. The molecule has 2 amide bonds. The molecule has 3 rings (SSSR count). The molecule has 0 bridgehead atoms. The van der Waals surface area contributed by atoms with Crippen LogP contribution in [0.3, 0.4) is 0 Å². The van der Waals surface area contributed by atoms with Crippen molar-refractivity contribution in [2.45, 2.75) is 6.92 Å². The Kier molecular flexibility index (Phi) is 5.32. The lowest BCUT2D eigenvalue weighted by atomic mass is 10.0. The van der Waals surface area contributed by atoms with Crippen molar-refractivity contribution in [2.24, 2.45) is 0 Å². The Labute approximate surface area is 156 Å². The minimum absolute atomic E-state index is 0.341. The minimum atomic E-state index is -0.375. The number of imide groups is 1. The van der Waals surface area contributed by atoms with Gasteiger partial charge in [0.1, 0.15) is 11.5 Å². The molecule has 0 atom stereocenters. The molecule has 0 spiro atoms. The molecule has 0 radical (unpaired) electrons. The van der Waals surface area contributed by atoms with Gasteiger partial charge in [0.25, 0.3) is 11.8 Å². The number of ether oxygens (including phenoxy) is 2. The van der Waals surface area contributed by atoms with Gasteiger partial charge in [0.2, 0.25) is 0 Å². The van der Waals surface area contributed by atoms with Gasteiger partial charge in [-0.3, -0.25) is 9.59 Å². The number of hydrogen-bond donors (Lipinski definition) is 0. The molecule has 0 saturated heterocycles. The fraction of sp³-hybridized carbons (Fsp3) is 0.200. The van der Waals surface area contributed by atoms with Gasteiger partial charge in [0.05, 0.1) is 30.4 Å². The van der Waals surface area contributed by atoms with Crippen molar-refractivity contribution in [3.8, 4) is 11.5 Å². The van der Waals surface area contributed by atoms with Crippen LogP contribution >= 0.6 is 11.8 Å². The van der Waals surface area contributed by atoms with Gasteiger partial charge >= 0.3 is 0 Å². The van der Waals surface area contributed by atoms with Gasteiger partial charge in [-0.05, 0) is 24.0 Å². The Bertz CT molecular complexity index is 891. The summed E-state index contributed by atoms with van der Waals surface area (Å²) in [6.45, 7) is 1.95. The maximum absolute atomic E-state index is 13.3.